The van der Waals surface area contributed by atoms with Gasteiger partial charge in [0.15, 0.2) is 0 Å². The Balaban J connectivity index is 0.921. The highest BCUT2D eigenvalue weighted by atomic mass is 16.5. The van der Waals surface area contributed by atoms with Gasteiger partial charge in [-0.15, -0.1) is 0 Å². The van der Waals surface area contributed by atoms with Crippen molar-refractivity contribution in [2.45, 2.75) is 89.9 Å². The van der Waals surface area contributed by atoms with E-state index in [1.807, 2.05) is 48.5 Å². The second-order valence-electron chi connectivity index (χ2n) is 14.5. The number of ether oxygens (including phenoxy) is 2. The summed E-state index contributed by atoms with van der Waals surface area (Å²) in [4.78, 5) is 30.6. The van der Waals surface area contributed by atoms with Gasteiger partial charge in [-0.25, -0.2) is 0 Å². The average Bonchev–Trinajstić information content (AvgIpc) is 3.13. The molecule has 3 aromatic carbocycles. The van der Waals surface area contributed by atoms with Crippen LogP contribution in [0, 0.1) is 17.8 Å². The minimum atomic E-state index is -0.210. The minimum Gasteiger partial charge on any atom is -0.426 e. The van der Waals surface area contributed by atoms with Crippen LogP contribution in [0.25, 0.3) is 11.1 Å². The summed E-state index contributed by atoms with van der Waals surface area (Å²) in [7, 11) is 2.15. The third kappa shape index (κ3) is 9.07. The van der Waals surface area contributed by atoms with Crippen LogP contribution < -0.4 is 14.4 Å². The summed E-state index contributed by atoms with van der Waals surface area (Å²) in [5.41, 5.74) is 4.93. The van der Waals surface area contributed by atoms with E-state index < -0.39 is 0 Å². The van der Waals surface area contributed by atoms with Crippen molar-refractivity contribution < 1.29 is 19.1 Å². The van der Waals surface area contributed by atoms with Gasteiger partial charge in [0.25, 0.3) is 0 Å². The van der Waals surface area contributed by atoms with E-state index >= 15 is 0 Å². The molecule has 48 heavy (non-hydrogen) atoms. The molecule has 1 aliphatic heterocycles. The van der Waals surface area contributed by atoms with Crippen molar-refractivity contribution in [3.63, 3.8) is 0 Å². The van der Waals surface area contributed by atoms with Crippen molar-refractivity contribution in [2.24, 2.45) is 17.8 Å². The van der Waals surface area contributed by atoms with Gasteiger partial charge in [0, 0.05) is 31.9 Å². The molecule has 256 valence electrons. The lowest BCUT2D eigenvalue weighted by atomic mass is 9.77. The minimum absolute atomic E-state index is 0.192. The second-order valence-corrected chi connectivity index (χ2v) is 14.5. The van der Waals surface area contributed by atoms with Gasteiger partial charge in [-0.05, 0) is 123 Å². The molecule has 0 aromatic heterocycles. The molecule has 3 aromatic rings. The average molecular weight is 651 g/mol. The number of hydrogen-bond acceptors (Lipinski definition) is 6. The summed E-state index contributed by atoms with van der Waals surface area (Å²) in [6.45, 7) is 6.39. The Morgan fingerprint density at radius 3 is 1.65 bits per heavy atom. The molecule has 6 heteroatoms. The summed E-state index contributed by atoms with van der Waals surface area (Å²) < 4.78 is 11.5. The second kappa shape index (κ2) is 16.6. The molecular weight excluding hydrogens is 596 g/mol. The SMILES string of the molecule is CCCCCC1CCC(c2ccc(-c3ccc(OC(=O)C4CCC(C(=O)Oc5ccc(N6CCN(C)CC6)cc5)CC4)cc3)cc2)CC1. The van der Waals surface area contributed by atoms with Crippen LogP contribution in [-0.4, -0.2) is 50.1 Å². The zero-order chi connectivity index (χ0) is 33.3. The fourth-order valence-electron chi connectivity index (χ4n) is 7.88. The lowest BCUT2D eigenvalue weighted by molar-refractivity contribution is -0.145. The first kappa shape index (κ1) is 34.2. The quantitative estimate of drug-likeness (QED) is 0.117. The maximum Gasteiger partial charge on any atom is 0.314 e. The number of piperazine rings is 1. The summed E-state index contributed by atoms with van der Waals surface area (Å²) >= 11 is 0. The van der Waals surface area contributed by atoms with E-state index in [0.29, 0.717) is 43.1 Å². The van der Waals surface area contributed by atoms with Crippen LogP contribution in [0.2, 0.25) is 0 Å². The molecule has 0 spiro atoms. The number of anilines is 1. The Morgan fingerprint density at radius 1 is 0.625 bits per heavy atom. The molecular formula is C42H54N2O4. The Labute approximate surface area is 287 Å². The van der Waals surface area contributed by atoms with E-state index in [0.717, 1.165) is 43.3 Å². The van der Waals surface area contributed by atoms with Crippen LogP contribution in [0.5, 0.6) is 11.5 Å². The van der Waals surface area contributed by atoms with Crippen molar-refractivity contribution in [1.82, 2.24) is 4.90 Å². The molecule has 6 rings (SSSR count). The van der Waals surface area contributed by atoms with Crippen molar-refractivity contribution >= 4 is 17.6 Å². The highest BCUT2D eigenvalue weighted by Crippen LogP contribution is 2.38. The Morgan fingerprint density at radius 2 is 1.12 bits per heavy atom. The molecule has 1 heterocycles. The number of hydrogen-bond donors (Lipinski definition) is 0. The summed E-state index contributed by atoms with van der Waals surface area (Å²) in [6.07, 6.45) is 13.4. The molecule has 3 aliphatic rings. The van der Waals surface area contributed by atoms with E-state index in [1.54, 1.807) is 0 Å². The molecule has 1 saturated heterocycles. The largest absolute Gasteiger partial charge is 0.426 e. The maximum absolute atomic E-state index is 13.0. The summed E-state index contributed by atoms with van der Waals surface area (Å²) in [5, 5.41) is 0. The van der Waals surface area contributed by atoms with Gasteiger partial charge < -0.3 is 19.3 Å². The third-order valence-electron chi connectivity index (χ3n) is 11.2. The monoisotopic (exact) mass is 650 g/mol. The van der Waals surface area contributed by atoms with Gasteiger partial charge in [0.05, 0.1) is 11.8 Å². The van der Waals surface area contributed by atoms with Gasteiger partial charge in [0.2, 0.25) is 0 Å². The van der Waals surface area contributed by atoms with E-state index in [4.69, 9.17) is 9.47 Å². The molecule has 6 nitrogen and oxygen atoms in total. The Kier molecular flexibility index (Phi) is 11.9. The van der Waals surface area contributed by atoms with E-state index in [9.17, 15) is 9.59 Å². The van der Waals surface area contributed by atoms with Crippen molar-refractivity contribution in [1.29, 1.82) is 0 Å². The predicted molar refractivity (Wildman–Crippen MR) is 194 cm³/mol. The van der Waals surface area contributed by atoms with Gasteiger partial charge >= 0.3 is 11.9 Å². The lowest BCUT2D eigenvalue weighted by Crippen LogP contribution is -2.44. The number of likely N-dealkylation sites (N-methyl/N-ethyl adjacent to an activating group) is 1. The third-order valence-corrected chi connectivity index (χ3v) is 11.2. The summed E-state index contributed by atoms with van der Waals surface area (Å²) in [6, 6.07) is 24.8. The highest BCUT2D eigenvalue weighted by molar-refractivity contribution is 5.78. The van der Waals surface area contributed by atoms with Crippen molar-refractivity contribution in [2.75, 3.05) is 38.1 Å². The molecule has 0 radical (unpaired) electrons. The van der Waals surface area contributed by atoms with Crippen molar-refractivity contribution in [3.8, 4) is 22.6 Å². The van der Waals surface area contributed by atoms with Gasteiger partial charge in [0.1, 0.15) is 11.5 Å². The summed E-state index contributed by atoms with van der Waals surface area (Å²) in [5.74, 6) is 1.96. The van der Waals surface area contributed by atoms with Gasteiger partial charge in [-0.3, -0.25) is 9.59 Å². The van der Waals surface area contributed by atoms with Crippen LogP contribution in [0.3, 0.4) is 0 Å². The van der Waals surface area contributed by atoms with Crippen LogP contribution in [0.15, 0.2) is 72.8 Å². The van der Waals surface area contributed by atoms with Gasteiger partial charge in [-0.1, -0.05) is 69.0 Å². The maximum atomic E-state index is 13.0. The first-order valence-corrected chi connectivity index (χ1v) is 18.6. The highest BCUT2D eigenvalue weighted by Gasteiger charge is 2.32. The van der Waals surface area contributed by atoms with E-state index in [2.05, 4.69) is 48.0 Å². The molecule has 0 atom stereocenters. The number of carbonyl (C=O) groups is 2. The van der Waals surface area contributed by atoms with Crippen LogP contribution >= 0.6 is 0 Å². The lowest BCUT2D eigenvalue weighted by Gasteiger charge is -2.34. The molecule has 2 saturated carbocycles. The Hall–Kier alpha value is -3.64. The van der Waals surface area contributed by atoms with Crippen LogP contribution in [-0.2, 0) is 9.59 Å². The molecule has 0 unspecified atom stereocenters. The topological polar surface area (TPSA) is 59.1 Å². The first-order chi connectivity index (χ1) is 23.4. The number of unbranched alkanes of at least 4 members (excludes halogenated alkanes) is 2. The van der Waals surface area contributed by atoms with Crippen LogP contribution in [0.4, 0.5) is 5.69 Å². The normalized spacial score (nSPS) is 23.4. The fourth-order valence-corrected chi connectivity index (χ4v) is 7.88. The molecule has 0 bridgehead atoms. The van der Waals surface area contributed by atoms with Crippen molar-refractivity contribution in [3.05, 3.63) is 78.4 Å². The number of rotatable bonds is 11. The van der Waals surface area contributed by atoms with Gasteiger partial charge in [-0.2, -0.15) is 0 Å². The Bertz CT molecular complexity index is 1440. The molecule has 2 aliphatic carbocycles. The molecule has 3 fully saturated rings. The van der Waals surface area contributed by atoms with Crippen LogP contribution in [0.1, 0.15) is 95.5 Å². The molecule has 0 amide bonds. The zero-order valence-electron chi connectivity index (χ0n) is 29.1. The molecule has 0 N–H and O–H groups in total. The number of esters is 2. The number of carbonyl (C=O) groups excluding carboxylic acids is 2. The first-order valence-electron chi connectivity index (χ1n) is 18.6. The fraction of sp³-hybridized carbons (Fsp3) is 0.524. The smallest absolute Gasteiger partial charge is 0.314 e. The van der Waals surface area contributed by atoms with E-state index in [1.165, 1.54) is 62.5 Å². The zero-order valence-corrected chi connectivity index (χ0v) is 29.1. The predicted octanol–water partition coefficient (Wildman–Crippen LogP) is 9.28. The number of benzene rings is 3. The van der Waals surface area contributed by atoms with E-state index in [-0.39, 0.29) is 23.8 Å². The standard InChI is InChI=1S/C42H54N2O4/c1-3-4-5-6-31-7-9-32(10-8-31)33-11-13-34(14-12-33)35-19-23-39(24-20-35)47-41(45)36-15-17-37(18-16-36)42(46)48-40-25-21-38(22-26-40)44-29-27-43(2)28-30-44/h11-14,19-26,31-32,36-37H,3-10,15-18,27-30H2,1-2H3. The number of nitrogens with zero attached hydrogens (tertiary/aromatic N) is 2.